The molecule has 3 heterocycles. The lowest BCUT2D eigenvalue weighted by atomic mass is 9.74. The predicted molar refractivity (Wildman–Crippen MR) is 111 cm³/mol. The molecule has 1 aromatic carbocycles. The number of hydrogen-bond acceptors (Lipinski definition) is 5. The van der Waals surface area contributed by atoms with Gasteiger partial charge in [0.05, 0.1) is 16.9 Å². The van der Waals surface area contributed by atoms with E-state index in [1.807, 2.05) is 18.2 Å². The summed E-state index contributed by atoms with van der Waals surface area (Å²) in [5.74, 6) is 0.155. The Balaban J connectivity index is 1.55. The largest absolute Gasteiger partial charge is 0.381 e. The summed E-state index contributed by atoms with van der Waals surface area (Å²) in [5, 5.41) is 3.03. The van der Waals surface area contributed by atoms with Crippen LogP contribution in [0.15, 0.2) is 48.8 Å². The van der Waals surface area contributed by atoms with Gasteiger partial charge in [0.1, 0.15) is 0 Å². The normalized spacial score (nSPS) is 22.8. The van der Waals surface area contributed by atoms with E-state index in [0.29, 0.717) is 38.9 Å². The number of ether oxygens (including phenoxy) is 1. The van der Waals surface area contributed by atoms with Crippen LogP contribution in [-0.4, -0.2) is 50.1 Å². The van der Waals surface area contributed by atoms with E-state index in [4.69, 9.17) is 4.74 Å². The molecule has 1 atom stereocenters. The minimum Gasteiger partial charge on any atom is -0.381 e. The van der Waals surface area contributed by atoms with Crippen LogP contribution in [0, 0.1) is 5.41 Å². The number of rotatable bonds is 5. The molecule has 0 unspecified atom stereocenters. The molecule has 7 heteroatoms. The molecule has 0 aliphatic carbocycles. The molecule has 0 spiro atoms. The average molecular weight is 415 g/mol. The van der Waals surface area contributed by atoms with Crippen LogP contribution in [-0.2, 0) is 25.8 Å². The number of pyridine rings is 1. The third-order valence-electron chi connectivity index (χ3n) is 5.98. The van der Waals surface area contributed by atoms with Crippen LogP contribution in [0.3, 0.4) is 0 Å². The molecule has 1 aromatic heterocycles. The van der Waals surface area contributed by atoms with Gasteiger partial charge in [-0.2, -0.15) is 0 Å². The summed E-state index contributed by atoms with van der Waals surface area (Å²) in [7, 11) is -3.03. The van der Waals surface area contributed by atoms with Crippen molar-refractivity contribution in [3.05, 3.63) is 54.4 Å². The molecule has 2 aliphatic heterocycles. The topological polar surface area (TPSA) is 85.4 Å². The second-order valence-corrected chi connectivity index (χ2v) is 10.3. The number of aromatic nitrogens is 1. The van der Waals surface area contributed by atoms with E-state index >= 15 is 0 Å². The SMILES string of the molecule is O=C(N[C@H]1CCS(=O)(=O)C1)C1(Cc2cccc(-c3ccncc3)c2)CCOCC1. The van der Waals surface area contributed by atoms with Gasteiger partial charge < -0.3 is 10.1 Å². The minimum absolute atomic E-state index is 0.0442. The fourth-order valence-electron chi connectivity index (χ4n) is 4.29. The Kier molecular flexibility index (Phi) is 5.69. The highest BCUT2D eigenvalue weighted by Crippen LogP contribution is 2.36. The molecule has 0 bridgehead atoms. The Labute approximate surface area is 171 Å². The minimum atomic E-state index is -3.03. The highest BCUT2D eigenvalue weighted by atomic mass is 32.2. The van der Waals surface area contributed by atoms with Crippen molar-refractivity contribution in [1.29, 1.82) is 0 Å². The van der Waals surface area contributed by atoms with Crippen LogP contribution in [0.1, 0.15) is 24.8 Å². The first-order valence-electron chi connectivity index (χ1n) is 10.0. The van der Waals surface area contributed by atoms with Crippen molar-refractivity contribution < 1.29 is 17.9 Å². The van der Waals surface area contributed by atoms with Crippen molar-refractivity contribution in [2.45, 2.75) is 31.7 Å². The summed E-state index contributed by atoms with van der Waals surface area (Å²) in [6.45, 7) is 1.08. The smallest absolute Gasteiger partial charge is 0.226 e. The Morgan fingerprint density at radius 2 is 1.90 bits per heavy atom. The molecule has 4 rings (SSSR count). The highest BCUT2D eigenvalue weighted by molar-refractivity contribution is 7.91. The van der Waals surface area contributed by atoms with Crippen molar-refractivity contribution in [2.24, 2.45) is 5.41 Å². The maximum Gasteiger partial charge on any atom is 0.226 e. The van der Waals surface area contributed by atoms with Crippen LogP contribution in [0.4, 0.5) is 0 Å². The number of carbonyl (C=O) groups is 1. The number of nitrogens with one attached hydrogen (secondary N) is 1. The van der Waals surface area contributed by atoms with Gasteiger partial charge in [0.15, 0.2) is 9.84 Å². The van der Waals surface area contributed by atoms with Crippen LogP contribution in [0.2, 0.25) is 0 Å². The molecule has 2 saturated heterocycles. The van der Waals surface area contributed by atoms with Gasteiger partial charge in [0.25, 0.3) is 0 Å². The first-order chi connectivity index (χ1) is 14.0. The Hall–Kier alpha value is -2.25. The second kappa shape index (κ2) is 8.24. The fraction of sp³-hybridized carbons (Fsp3) is 0.455. The molecule has 29 heavy (non-hydrogen) atoms. The summed E-state index contributed by atoms with van der Waals surface area (Å²) >= 11 is 0. The van der Waals surface area contributed by atoms with Gasteiger partial charge in [0.2, 0.25) is 5.91 Å². The molecular formula is C22H26N2O4S. The van der Waals surface area contributed by atoms with Gasteiger partial charge in [-0.05, 0) is 54.5 Å². The van der Waals surface area contributed by atoms with Crippen molar-refractivity contribution in [3.63, 3.8) is 0 Å². The number of sulfone groups is 1. The zero-order valence-corrected chi connectivity index (χ0v) is 17.2. The van der Waals surface area contributed by atoms with E-state index < -0.39 is 15.3 Å². The molecule has 2 aromatic rings. The summed E-state index contributed by atoms with van der Waals surface area (Å²) in [4.78, 5) is 17.3. The van der Waals surface area contributed by atoms with Gasteiger partial charge >= 0.3 is 0 Å². The van der Waals surface area contributed by atoms with Gasteiger partial charge in [-0.25, -0.2) is 8.42 Å². The molecule has 154 valence electrons. The molecule has 2 fully saturated rings. The van der Waals surface area contributed by atoms with E-state index in [1.165, 1.54) is 0 Å². The summed E-state index contributed by atoms with van der Waals surface area (Å²) in [5.41, 5.74) is 2.70. The molecule has 6 nitrogen and oxygen atoms in total. The van der Waals surface area contributed by atoms with E-state index in [1.54, 1.807) is 12.4 Å². The fourth-order valence-corrected chi connectivity index (χ4v) is 5.96. The average Bonchev–Trinajstić information content (AvgIpc) is 3.08. The molecule has 2 aliphatic rings. The monoisotopic (exact) mass is 414 g/mol. The maximum atomic E-state index is 13.3. The van der Waals surface area contributed by atoms with Gasteiger partial charge in [0, 0.05) is 31.6 Å². The zero-order chi connectivity index (χ0) is 20.3. The molecule has 1 N–H and O–H groups in total. The van der Waals surface area contributed by atoms with Crippen LogP contribution >= 0.6 is 0 Å². The zero-order valence-electron chi connectivity index (χ0n) is 16.3. The molecule has 0 saturated carbocycles. The Morgan fingerprint density at radius 1 is 1.14 bits per heavy atom. The highest BCUT2D eigenvalue weighted by Gasteiger charge is 2.42. The lowest BCUT2D eigenvalue weighted by Crippen LogP contribution is -2.49. The van der Waals surface area contributed by atoms with Crippen molar-refractivity contribution >= 4 is 15.7 Å². The second-order valence-electron chi connectivity index (χ2n) is 8.08. The van der Waals surface area contributed by atoms with E-state index in [-0.39, 0.29) is 23.5 Å². The van der Waals surface area contributed by atoms with E-state index in [2.05, 4.69) is 28.5 Å². The predicted octanol–water partition coefficient (Wildman–Crippen LogP) is 2.39. The number of amides is 1. The summed E-state index contributed by atoms with van der Waals surface area (Å²) in [6, 6.07) is 11.9. The van der Waals surface area contributed by atoms with Gasteiger partial charge in [-0.1, -0.05) is 24.3 Å². The van der Waals surface area contributed by atoms with Crippen LogP contribution in [0.25, 0.3) is 11.1 Å². The van der Waals surface area contributed by atoms with Gasteiger partial charge in [-0.3, -0.25) is 9.78 Å². The van der Waals surface area contributed by atoms with E-state index in [0.717, 1.165) is 16.7 Å². The van der Waals surface area contributed by atoms with Gasteiger partial charge in [-0.15, -0.1) is 0 Å². The molecular weight excluding hydrogens is 388 g/mol. The first-order valence-corrected chi connectivity index (χ1v) is 11.9. The third kappa shape index (κ3) is 4.67. The number of hydrogen-bond donors (Lipinski definition) is 1. The molecule has 0 radical (unpaired) electrons. The van der Waals surface area contributed by atoms with Crippen molar-refractivity contribution in [2.75, 3.05) is 24.7 Å². The van der Waals surface area contributed by atoms with E-state index in [9.17, 15) is 13.2 Å². The summed E-state index contributed by atoms with van der Waals surface area (Å²) < 4.78 is 29.1. The Morgan fingerprint density at radius 3 is 2.59 bits per heavy atom. The molecule has 1 amide bonds. The van der Waals surface area contributed by atoms with Crippen LogP contribution < -0.4 is 5.32 Å². The quantitative estimate of drug-likeness (QED) is 0.812. The number of carbonyl (C=O) groups excluding carboxylic acids is 1. The lowest BCUT2D eigenvalue weighted by Gasteiger charge is -2.36. The first kappa shape index (κ1) is 20.0. The number of nitrogens with zero attached hydrogens (tertiary/aromatic N) is 1. The standard InChI is InChI=1S/C22H26N2O4S/c25-21(24-20-6-13-29(26,27)16-20)22(7-11-28-12-8-22)15-17-2-1-3-19(14-17)18-4-9-23-10-5-18/h1-5,9-10,14,20H,6-8,11-13,15-16H2,(H,24,25)/t20-/m0/s1. The summed E-state index contributed by atoms with van der Waals surface area (Å²) in [6.07, 6.45) is 5.92. The lowest BCUT2D eigenvalue weighted by molar-refractivity contribution is -0.137. The third-order valence-corrected chi connectivity index (χ3v) is 7.75. The van der Waals surface area contributed by atoms with Crippen molar-refractivity contribution in [1.82, 2.24) is 10.3 Å². The number of benzene rings is 1. The van der Waals surface area contributed by atoms with Crippen molar-refractivity contribution in [3.8, 4) is 11.1 Å². The maximum absolute atomic E-state index is 13.3. The Bertz CT molecular complexity index is 969. The van der Waals surface area contributed by atoms with Crippen LogP contribution in [0.5, 0.6) is 0 Å².